The number of methoxy groups -OCH3 is 1. The zero-order valence-electron chi connectivity index (χ0n) is 28.6. The third-order valence-corrected chi connectivity index (χ3v) is 9.18. The van der Waals surface area contributed by atoms with Crippen molar-refractivity contribution in [3.05, 3.63) is 89.0 Å². The summed E-state index contributed by atoms with van der Waals surface area (Å²) in [6.45, 7) is 4.81. The predicted molar refractivity (Wildman–Crippen MR) is 195 cm³/mol. The SMILES string of the molecule is CCN(C(=O)[C@@H]1CCN(CC(=O)N2CC=C(c3ccc(C(=N)OC(=O)NC)cc3)CC2)C1)c1ccc(N)c(C(=N)c2ccc(OC)c(N)c2)c1. The molecular formula is C37H44N8O5. The second-order valence-corrected chi connectivity index (χ2v) is 12.3. The van der Waals surface area contributed by atoms with E-state index in [4.69, 9.17) is 31.8 Å². The van der Waals surface area contributed by atoms with Gasteiger partial charge in [0.25, 0.3) is 0 Å². The number of rotatable bonds is 10. The highest BCUT2D eigenvalue weighted by molar-refractivity contribution is 6.15. The first-order chi connectivity index (χ1) is 24.0. The van der Waals surface area contributed by atoms with E-state index >= 15 is 0 Å². The highest BCUT2D eigenvalue weighted by Crippen LogP contribution is 2.30. The lowest BCUT2D eigenvalue weighted by Crippen LogP contribution is -2.42. The fourth-order valence-corrected chi connectivity index (χ4v) is 6.33. The van der Waals surface area contributed by atoms with Crippen molar-refractivity contribution in [2.45, 2.75) is 19.8 Å². The highest BCUT2D eigenvalue weighted by atomic mass is 16.6. The zero-order valence-corrected chi connectivity index (χ0v) is 28.6. The summed E-state index contributed by atoms with van der Waals surface area (Å²) < 4.78 is 10.1. The topological polar surface area (TPSA) is 191 Å². The number of nitrogens with zero attached hydrogens (tertiary/aromatic N) is 3. The number of anilines is 3. The lowest BCUT2D eigenvalue weighted by molar-refractivity contribution is -0.132. The van der Waals surface area contributed by atoms with Crippen LogP contribution in [0.4, 0.5) is 21.9 Å². The number of alkyl carbamates (subject to hydrolysis) is 1. The molecule has 2 aliphatic heterocycles. The number of hydrogen-bond acceptors (Lipinski definition) is 10. The first-order valence-electron chi connectivity index (χ1n) is 16.5. The molecule has 3 aromatic rings. The monoisotopic (exact) mass is 680 g/mol. The minimum atomic E-state index is -0.693. The van der Waals surface area contributed by atoms with Gasteiger partial charge in [-0.3, -0.25) is 25.3 Å². The van der Waals surface area contributed by atoms with Gasteiger partial charge in [0, 0.05) is 61.3 Å². The molecule has 13 nitrogen and oxygen atoms in total. The Morgan fingerprint density at radius 2 is 1.72 bits per heavy atom. The number of likely N-dealkylation sites (tertiary alicyclic amines) is 1. The fraction of sp³-hybridized carbons (Fsp3) is 0.324. The van der Waals surface area contributed by atoms with Crippen LogP contribution >= 0.6 is 0 Å². The maximum atomic E-state index is 13.8. The molecule has 0 spiro atoms. The van der Waals surface area contributed by atoms with Crippen molar-refractivity contribution in [2.75, 3.05) is 69.8 Å². The Morgan fingerprint density at radius 1 is 0.980 bits per heavy atom. The van der Waals surface area contributed by atoms with Gasteiger partial charge in [-0.2, -0.15) is 0 Å². The summed E-state index contributed by atoms with van der Waals surface area (Å²) in [5.41, 5.74) is 17.7. The fourth-order valence-electron chi connectivity index (χ4n) is 6.33. The van der Waals surface area contributed by atoms with E-state index in [1.165, 1.54) is 14.2 Å². The van der Waals surface area contributed by atoms with Gasteiger partial charge in [-0.25, -0.2) is 4.79 Å². The van der Waals surface area contributed by atoms with Crippen LogP contribution in [0, 0.1) is 16.7 Å². The smallest absolute Gasteiger partial charge is 0.413 e. The van der Waals surface area contributed by atoms with Crippen LogP contribution in [0.2, 0.25) is 0 Å². The third kappa shape index (κ3) is 7.95. The standard InChI is InChI=1S/C37H44N8O5/c1-4-45(28-10-11-30(38)29(20-28)34(40)26-9-12-32(49-3)31(39)19-26)36(47)27-13-16-43(21-27)22-33(46)44-17-14-24(15-18-44)23-5-7-25(8-6-23)35(41)50-37(48)42-2/h5-12,14,19-20,27,40-41H,4,13,15-18,21-22,38-39H2,1-3H3,(H,42,48)/t27-/m1/s1. The van der Waals surface area contributed by atoms with Gasteiger partial charge in [0.05, 0.1) is 31.0 Å². The Morgan fingerprint density at radius 3 is 2.36 bits per heavy atom. The summed E-state index contributed by atoms with van der Waals surface area (Å²) in [7, 11) is 2.97. The van der Waals surface area contributed by atoms with E-state index in [-0.39, 0.29) is 35.9 Å². The lowest BCUT2D eigenvalue weighted by atomic mass is 9.98. The summed E-state index contributed by atoms with van der Waals surface area (Å²) in [6, 6.07) is 17.7. The van der Waals surface area contributed by atoms with Gasteiger partial charge in [-0.1, -0.05) is 18.2 Å². The Balaban J connectivity index is 1.16. The van der Waals surface area contributed by atoms with Gasteiger partial charge in [-0.05, 0) is 86.0 Å². The normalized spacial score (nSPS) is 15.9. The first kappa shape index (κ1) is 35.6. The molecule has 0 radical (unpaired) electrons. The Hall–Kier alpha value is -5.69. The molecule has 262 valence electrons. The Bertz CT molecular complexity index is 1820. The van der Waals surface area contributed by atoms with Gasteiger partial charge in [0.2, 0.25) is 17.7 Å². The van der Waals surface area contributed by atoms with E-state index in [0.29, 0.717) is 85.1 Å². The second kappa shape index (κ2) is 15.7. The van der Waals surface area contributed by atoms with Gasteiger partial charge in [0.15, 0.2) is 0 Å². The van der Waals surface area contributed by atoms with E-state index in [1.807, 2.05) is 34.9 Å². The summed E-state index contributed by atoms with van der Waals surface area (Å²) >= 11 is 0. The van der Waals surface area contributed by atoms with Gasteiger partial charge >= 0.3 is 6.09 Å². The molecule has 3 amide bonds. The van der Waals surface area contributed by atoms with Crippen LogP contribution in [0.1, 0.15) is 42.0 Å². The number of amides is 3. The molecule has 0 bridgehead atoms. The number of nitrogen functional groups attached to an aromatic ring is 2. The lowest BCUT2D eigenvalue weighted by Gasteiger charge is -2.29. The molecule has 0 unspecified atom stereocenters. The van der Waals surface area contributed by atoms with Crippen molar-refractivity contribution >= 4 is 52.2 Å². The molecule has 2 heterocycles. The molecule has 3 aromatic carbocycles. The van der Waals surface area contributed by atoms with Crippen LogP contribution in [0.15, 0.2) is 66.7 Å². The summed E-state index contributed by atoms with van der Waals surface area (Å²) in [5, 5.41) is 19.1. The van der Waals surface area contributed by atoms with Crippen LogP contribution in [0.3, 0.4) is 0 Å². The maximum Gasteiger partial charge on any atom is 0.413 e. The second-order valence-electron chi connectivity index (χ2n) is 12.3. The minimum absolute atomic E-state index is 0.0229. The molecule has 50 heavy (non-hydrogen) atoms. The largest absolute Gasteiger partial charge is 0.495 e. The van der Waals surface area contributed by atoms with E-state index in [2.05, 4.69) is 5.32 Å². The van der Waals surface area contributed by atoms with Crippen LogP contribution in [-0.4, -0.2) is 92.7 Å². The Kier molecular flexibility index (Phi) is 11.2. The molecule has 0 saturated carbocycles. The predicted octanol–water partition coefficient (Wildman–Crippen LogP) is 3.95. The van der Waals surface area contributed by atoms with Crippen LogP contribution in [0.5, 0.6) is 5.75 Å². The van der Waals surface area contributed by atoms with Crippen molar-refractivity contribution in [3.8, 4) is 5.75 Å². The van der Waals surface area contributed by atoms with E-state index < -0.39 is 6.09 Å². The molecule has 0 aromatic heterocycles. The Labute approximate surface area is 291 Å². The van der Waals surface area contributed by atoms with Crippen molar-refractivity contribution in [1.82, 2.24) is 15.1 Å². The molecule has 1 atom stereocenters. The zero-order chi connectivity index (χ0) is 35.9. The van der Waals surface area contributed by atoms with Crippen LogP contribution in [0.25, 0.3) is 5.57 Å². The molecule has 2 aliphatic rings. The molecular weight excluding hydrogens is 636 g/mol. The average Bonchev–Trinajstić information content (AvgIpc) is 3.60. The molecule has 0 aliphatic carbocycles. The van der Waals surface area contributed by atoms with E-state index in [9.17, 15) is 14.4 Å². The molecule has 7 N–H and O–H groups in total. The van der Waals surface area contributed by atoms with Crippen LogP contribution < -0.4 is 26.4 Å². The number of nitrogens with one attached hydrogen (secondary N) is 3. The van der Waals surface area contributed by atoms with Crippen molar-refractivity contribution in [3.63, 3.8) is 0 Å². The highest BCUT2D eigenvalue weighted by Gasteiger charge is 2.33. The van der Waals surface area contributed by atoms with Crippen molar-refractivity contribution < 1.29 is 23.9 Å². The molecule has 5 rings (SSSR count). The summed E-state index contributed by atoms with van der Waals surface area (Å²) in [5.74, 6) is 0.0348. The van der Waals surface area contributed by atoms with Gasteiger partial charge < -0.3 is 36.1 Å². The quantitative estimate of drug-likeness (QED) is 0.121. The number of nitrogens with two attached hydrogens (primary N) is 2. The number of hydrogen-bond donors (Lipinski definition) is 5. The number of carbonyl (C=O) groups is 3. The van der Waals surface area contributed by atoms with Crippen molar-refractivity contribution in [1.29, 1.82) is 10.8 Å². The third-order valence-electron chi connectivity index (χ3n) is 9.18. The molecule has 1 saturated heterocycles. The number of ether oxygens (including phenoxy) is 2. The van der Waals surface area contributed by atoms with Gasteiger partial charge in [0.1, 0.15) is 5.75 Å². The first-order valence-corrected chi connectivity index (χ1v) is 16.5. The minimum Gasteiger partial charge on any atom is -0.495 e. The van der Waals surface area contributed by atoms with E-state index in [1.54, 1.807) is 53.4 Å². The summed E-state index contributed by atoms with van der Waals surface area (Å²) in [6.07, 6.45) is 2.69. The van der Waals surface area contributed by atoms with E-state index in [0.717, 1.165) is 11.1 Å². The molecule has 13 heteroatoms. The number of benzene rings is 3. The maximum absolute atomic E-state index is 13.8. The summed E-state index contributed by atoms with van der Waals surface area (Å²) in [4.78, 5) is 44.1. The number of carbonyl (C=O) groups excluding carboxylic acids is 3. The average molecular weight is 681 g/mol. The van der Waals surface area contributed by atoms with Crippen LogP contribution in [-0.2, 0) is 14.3 Å². The molecule has 1 fully saturated rings. The van der Waals surface area contributed by atoms with Crippen molar-refractivity contribution in [2.24, 2.45) is 5.92 Å². The van der Waals surface area contributed by atoms with Gasteiger partial charge in [-0.15, -0.1) is 0 Å².